The number of alkyl halides is 1. The van der Waals surface area contributed by atoms with E-state index in [1.165, 1.54) is 5.69 Å². The summed E-state index contributed by atoms with van der Waals surface area (Å²) in [5.41, 5.74) is 2.38. The van der Waals surface area contributed by atoms with Crippen LogP contribution in [0.25, 0.3) is 10.9 Å². The molecule has 1 aliphatic rings. The largest absolute Gasteiger partial charge is 0.358 e. The van der Waals surface area contributed by atoms with Gasteiger partial charge in [-0.3, -0.25) is 4.79 Å². The summed E-state index contributed by atoms with van der Waals surface area (Å²) in [6.45, 7) is 1.67. The summed E-state index contributed by atoms with van der Waals surface area (Å²) in [5.74, 6) is 1.28. The zero-order valence-corrected chi connectivity index (χ0v) is 14.0. The molecule has 118 valence electrons. The number of halogens is 2. The van der Waals surface area contributed by atoms with Crippen molar-refractivity contribution in [1.29, 1.82) is 0 Å². The molecule has 22 heavy (non-hydrogen) atoms. The Hall–Kier alpha value is -1.19. The number of nitrogens with zero attached hydrogens (tertiary/aromatic N) is 1. The van der Waals surface area contributed by atoms with Crippen LogP contribution < -0.4 is 0 Å². The lowest BCUT2D eigenvalue weighted by Gasteiger charge is -2.31. The minimum atomic E-state index is 0.238. The van der Waals surface area contributed by atoms with E-state index in [1.54, 1.807) is 0 Å². The lowest BCUT2D eigenvalue weighted by Crippen LogP contribution is -2.37. The van der Waals surface area contributed by atoms with Crippen molar-refractivity contribution in [2.45, 2.75) is 31.6 Å². The quantitative estimate of drug-likeness (QED) is 0.816. The van der Waals surface area contributed by atoms with Crippen molar-refractivity contribution in [2.75, 3.05) is 19.0 Å². The zero-order valence-electron chi connectivity index (χ0n) is 12.4. The Labute approximate surface area is 140 Å². The number of carbonyl (C=O) groups excluding carboxylic acids is 1. The third-order valence-electron chi connectivity index (χ3n) is 4.42. The SMILES string of the molecule is O=C(CCCCl)N1CCC(c2cc3cc(Cl)ccc3[nH]2)CC1. The van der Waals surface area contributed by atoms with Crippen molar-refractivity contribution in [2.24, 2.45) is 0 Å². The van der Waals surface area contributed by atoms with Gasteiger partial charge in [0.1, 0.15) is 0 Å². The maximum Gasteiger partial charge on any atom is 0.222 e. The Balaban J connectivity index is 1.64. The van der Waals surface area contributed by atoms with E-state index in [-0.39, 0.29) is 5.91 Å². The van der Waals surface area contributed by atoms with Gasteiger partial charge in [-0.2, -0.15) is 0 Å². The molecule has 1 aromatic carbocycles. The van der Waals surface area contributed by atoms with Crippen molar-refractivity contribution < 1.29 is 4.79 Å². The van der Waals surface area contributed by atoms with E-state index in [1.807, 2.05) is 23.1 Å². The van der Waals surface area contributed by atoms with Crippen LogP contribution in [-0.4, -0.2) is 34.8 Å². The molecule has 1 fully saturated rings. The summed E-state index contributed by atoms with van der Waals surface area (Å²) in [4.78, 5) is 17.5. The van der Waals surface area contributed by atoms with Crippen LogP contribution in [0.15, 0.2) is 24.3 Å². The molecule has 0 unspecified atom stereocenters. The first-order valence-corrected chi connectivity index (χ1v) is 8.70. The van der Waals surface area contributed by atoms with Gasteiger partial charge >= 0.3 is 0 Å². The first-order valence-electron chi connectivity index (χ1n) is 7.79. The van der Waals surface area contributed by atoms with Crippen LogP contribution in [-0.2, 0) is 4.79 Å². The highest BCUT2D eigenvalue weighted by Gasteiger charge is 2.24. The summed E-state index contributed by atoms with van der Waals surface area (Å²) >= 11 is 11.7. The van der Waals surface area contributed by atoms with Gasteiger partial charge < -0.3 is 9.88 Å². The molecule has 0 aliphatic carbocycles. The number of piperidine rings is 1. The molecular formula is C17H20Cl2N2O. The molecule has 1 N–H and O–H groups in total. The molecule has 3 rings (SSSR count). The highest BCUT2D eigenvalue weighted by atomic mass is 35.5. The normalized spacial score (nSPS) is 16.4. The summed E-state index contributed by atoms with van der Waals surface area (Å²) in [6.07, 6.45) is 3.35. The summed E-state index contributed by atoms with van der Waals surface area (Å²) in [7, 11) is 0. The molecule has 2 heterocycles. The zero-order chi connectivity index (χ0) is 15.5. The molecule has 0 radical (unpaired) electrons. The second-order valence-corrected chi connectivity index (χ2v) is 6.72. The van der Waals surface area contributed by atoms with Gasteiger partial charge in [-0.1, -0.05) is 11.6 Å². The Bertz CT molecular complexity index is 660. The Kier molecular flexibility index (Phi) is 4.94. The predicted octanol–water partition coefficient (Wildman–Crippen LogP) is 4.55. The third kappa shape index (κ3) is 3.41. The minimum Gasteiger partial charge on any atom is -0.358 e. The number of likely N-dealkylation sites (tertiary alicyclic amines) is 1. The number of benzene rings is 1. The maximum atomic E-state index is 12.0. The van der Waals surface area contributed by atoms with Gasteiger partial charge in [0, 0.05) is 52.9 Å². The van der Waals surface area contributed by atoms with E-state index in [4.69, 9.17) is 23.2 Å². The highest BCUT2D eigenvalue weighted by molar-refractivity contribution is 6.31. The number of aromatic nitrogens is 1. The monoisotopic (exact) mass is 338 g/mol. The highest BCUT2D eigenvalue weighted by Crippen LogP contribution is 2.31. The number of H-pyrrole nitrogens is 1. The number of rotatable bonds is 4. The fourth-order valence-electron chi connectivity index (χ4n) is 3.16. The maximum absolute atomic E-state index is 12.0. The fraction of sp³-hybridized carbons (Fsp3) is 0.471. The van der Waals surface area contributed by atoms with E-state index >= 15 is 0 Å². The number of carbonyl (C=O) groups is 1. The lowest BCUT2D eigenvalue weighted by atomic mass is 9.93. The number of fused-ring (bicyclic) bond motifs is 1. The van der Waals surface area contributed by atoms with Crippen molar-refractivity contribution in [3.8, 4) is 0 Å². The van der Waals surface area contributed by atoms with E-state index in [9.17, 15) is 4.79 Å². The molecule has 1 amide bonds. The van der Waals surface area contributed by atoms with Crippen LogP contribution in [0.2, 0.25) is 5.02 Å². The Morgan fingerprint density at radius 3 is 2.77 bits per heavy atom. The van der Waals surface area contributed by atoms with Gasteiger partial charge in [0.25, 0.3) is 0 Å². The van der Waals surface area contributed by atoms with Gasteiger partial charge in [0.2, 0.25) is 5.91 Å². The van der Waals surface area contributed by atoms with Crippen LogP contribution >= 0.6 is 23.2 Å². The predicted molar refractivity (Wildman–Crippen MR) is 91.8 cm³/mol. The summed E-state index contributed by atoms with van der Waals surface area (Å²) in [6, 6.07) is 8.10. The first-order chi connectivity index (χ1) is 10.7. The Morgan fingerprint density at radius 2 is 2.05 bits per heavy atom. The third-order valence-corrected chi connectivity index (χ3v) is 4.92. The fourth-order valence-corrected chi connectivity index (χ4v) is 3.48. The van der Waals surface area contributed by atoms with Crippen molar-refractivity contribution in [3.63, 3.8) is 0 Å². The molecule has 0 bridgehead atoms. The molecule has 0 spiro atoms. The number of hydrogen-bond acceptors (Lipinski definition) is 1. The molecule has 3 nitrogen and oxygen atoms in total. The number of hydrogen-bond donors (Lipinski definition) is 1. The van der Waals surface area contributed by atoms with Gasteiger partial charge in [0.15, 0.2) is 0 Å². The second-order valence-electron chi connectivity index (χ2n) is 5.90. The van der Waals surface area contributed by atoms with Gasteiger partial charge in [0.05, 0.1) is 0 Å². The number of amides is 1. The summed E-state index contributed by atoms with van der Waals surface area (Å²) in [5, 5.41) is 1.92. The molecule has 1 aliphatic heterocycles. The lowest BCUT2D eigenvalue weighted by molar-refractivity contribution is -0.132. The van der Waals surface area contributed by atoms with E-state index in [2.05, 4.69) is 11.1 Å². The molecule has 2 aromatic rings. The van der Waals surface area contributed by atoms with Gasteiger partial charge in [-0.05, 0) is 43.5 Å². The van der Waals surface area contributed by atoms with Crippen LogP contribution in [0.1, 0.15) is 37.3 Å². The number of nitrogens with one attached hydrogen (secondary N) is 1. The number of aromatic amines is 1. The first kappa shape index (κ1) is 15.7. The second kappa shape index (κ2) is 6.93. The smallest absolute Gasteiger partial charge is 0.222 e. The van der Waals surface area contributed by atoms with Crippen LogP contribution in [0.5, 0.6) is 0 Å². The molecule has 1 aromatic heterocycles. The van der Waals surface area contributed by atoms with Crippen LogP contribution in [0, 0.1) is 0 Å². The van der Waals surface area contributed by atoms with Crippen LogP contribution in [0.3, 0.4) is 0 Å². The molecular weight excluding hydrogens is 319 g/mol. The topological polar surface area (TPSA) is 36.1 Å². The van der Waals surface area contributed by atoms with Crippen molar-refractivity contribution in [1.82, 2.24) is 9.88 Å². The standard InChI is InChI=1S/C17H20Cl2N2O/c18-7-1-2-17(22)21-8-5-12(6-9-21)16-11-13-10-14(19)3-4-15(13)20-16/h3-4,10-12,20H,1-2,5-9H2. The van der Waals surface area contributed by atoms with Crippen molar-refractivity contribution in [3.05, 3.63) is 35.0 Å². The summed E-state index contributed by atoms with van der Waals surface area (Å²) < 4.78 is 0. The van der Waals surface area contributed by atoms with E-state index in [0.29, 0.717) is 18.2 Å². The van der Waals surface area contributed by atoms with Crippen LogP contribution in [0.4, 0.5) is 0 Å². The van der Waals surface area contributed by atoms with Gasteiger partial charge in [-0.15, -0.1) is 11.6 Å². The van der Waals surface area contributed by atoms with Gasteiger partial charge in [-0.25, -0.2) is 0 Å². The molecule has 1 saturated heterocycles. The van der Waals surface area contributed by atoms with E-state index < -0.39 is 0 Å². The molecule has 5 heteroatoms. The van der Waals surface area contributed by atoms with Crippen molar-refractivity contribution >= 4 is 40.0 Å². The average Bonchev–Trinajstić information content (AvgIpc) is 2.95. The van der Waals surface area contributed by atoms with E-state index in [0.717, 1.165) is 48.3 Å². The molecule has 0 saturated carbocycles. The average molecular weight is 339 g/mol. The Morgan fingerprint density at radius 1 is 1.27 bits per heavy atom. The minimum absolute atomic E-state index is 0.238. The molecule has 0 atom stereocenters.